The first-order valence-corrected chi connectivity index (χ1v) is 10.4. The average Bonchev–Trinajstić information content (AvgIpc) is 3.13. The number of benzene rings is 1. The molecule has 7 nitrogen and oxygen atoms in total. The van der Waals surface area contributed by atoms with Crippen LogP contribution in [0.4, 0.5) is 4.39 Å². The van der Waals surface area contributed by atoms with Gasteiger partial charge in [-0.15, -0.1) is 0 Å². The van der Waals surface area contributed by atoms with Crippen LogP contribution in [0.15, 0.2) is 42.7 Å². The number of nitrogens with zero attached hydrogens (tertiary/aromatic N) is 1. The Hall–Kier alpha value is -3.16. The summed E-state index contributed by atoms with van der Waals surface area (Å²) in [6.45, 7) is 2.21. The van der Waals surface area contributed by atoms with Gasteiger partial charge in [-0.2, -0.15) is 0 Å². The second-order valence-corrected chi connectivity index (χ2v) is 7.88. The van der Waals surface area contributed by atoms with Crippen molar-refractivity contribution in [1.82, 2.24) is 15.6 Å². The van der Waals surface area contributed by atoms with E-state index in [0.717, 1.165) is 0 Å². The van der Waals surface area contributed by atoms with Gasteiger partial charge >= 0.3 is 0 Å². The molecule has 2 amide bonds. The van der Waals surface area contributed by atoms with Gasteiger partial charge in [-0.3, -0.25) is 14.6 Å². The number of pyridine rings is 1. The lowest BCUT2D eigenvalue weighted by Gasteiger charge is -2.29. The molecule has 1 aliphatic rings. The van der Waals surface area contributed by atoms with Crippen LogP contribution in [-0.4, -0.2) is 42.1 Å². The average molecular weight is 429 g/mol. The van der Waals surface area contributed by atoms with E-state index in [2.05, 4.69) is 15.6 Å². The van der Waals surface area contributed by atoms with Gasteiger partial charge in [0.05, 0.1) is 19.9 Å². The Morgan fingerprint density at radius 2 is 2.19 bits per heavy atom. The number of hydrogen-bond acceptors (Lipinski definition) is 5. The summed E-state index contributed by atoms with van der Waals surface area (Å²) in [5.74, 6) is 0.474. The van der Waals surface area contributed by atoms with Gasteiger partial charge in [0.1, 0.15) is 23.4 Å². The number of ether oxygens (including phenoxy) is 2. The van der Waals surface area contributed by atoms with E-state index in [1.165, 1.54) is 13.2 Å². The zero-order valence-corrected chi connectivity index (χ0v) is 17.8. The Kier molecular flexibility index (Phi) is 7.44. The van der Waals surface area contributed by atoms with Crippen molar-refractivity contribution >= 4 is 11.8 Å². The molecule has 2 unspecified atom stereocenters. The van der Waals surface area contributed by atoms with Gasteiger partial charge in [0.2, 0.25) is 11.8 Å². The fraction of sp³-hybridized carbons (Fsp3) is 0.435. The molecule has 31 heavy (non-hydrogen) atoms. The predicted molar refractivity (Wildman–Crippen MR) is 113 cm³/mol. The van der Waals surface area contributed by atoms with Crippen LogP contribution in [0.5, 0.6) is 11.5 Å². The topological polar surface area (TPSA) is 89.6 Å². The quantitative estimate of drug-likeness (QED) is 0.606. The third-order valence-electron chi connectivity index (χ3n) is 5.41. The second kappa shape index (κ2) is 10.2. The number of aromatic nitrogens is 1. The number of amides is 2. The molecular weight excluding hydrogens is 401 g/mol. The van der Waals surface area contributed by atoms with E-state index in [9.17, 15) is 14.0 Å². The molecule has 0 bridgehead atoms. The third kappa shape index (κ3) is 6.41. The van der Waals surface area contributed by atoms with Gasteiger partial charge in [-0.1, -0.05) is 6.07 Å². The first kappa shape index (κ1) is 22.5. The summed E-state index contributed by atoms with van der Waals surface area (Å²) in [6.07, 6.45) is 4.95. The van der Waals surface area contributed by atoms with E-state index < -0.39 is 5.54 Å². The highest BCUT2D eigenvalue weighted by molar-refractivity contribution is 5.80. The molecule has 2 heterocycles. The minimum Gasteiger partial charge on any atom is -0.497 e. The van der Waals surface area contributed by atoms with Crippen LogP contribution in [0.25, 0.3) is 0 Å². The van der Waals surface area contributed by atoms with Crippen molar-refractivity contribution in [3.05, 3.63) is 54.1 Å². The van der Waals surface area contributed by atoms with Gasteiger partial charge in [-0.05, 0) is 49.9 Å². The lowest BCUT2D eigenvalue weighted by Crippen LogP contribution is -2.45. The first-order chi connectivity index (χ1) is 14.9. The van der Waals surface area contributed by atoms with Crippen molar-refractivity contribution in [2.45, 2.75) is 50.7 Å². The molecule has 1 saturated heterocycles. The number of carbonyl (C=O) groups excluding carboxylic acids is 2. The van der Waals surface area contributed by atoms with Crippen molar-refractivity contribution in [3.63, 3.8) is 0 Å². The van der Waals surface area contributed by atoms with E-state index in [-0.39, 0.29) is 30.2 Å². The van der Waals surface area contributed by atoms with Crippen LogP contribution in [0, 0.1) is 5.82 Å². The molecule has 0 aliphatic carbocycles. The minimum atomic E-state index is -0.637. The number of carbonyl (C=O) groups is 2. The highest BCUT2D eigenvalue weighted by atomic mass is 19.1. The number of rotatable bonds is 10. The summed E-state index contributed by atoms with van der Waals surface area (Å²) in [5, 5.41) is 5.83. The maximum atomic E-state index is 14.5. The Morgan fingerprint density at radius 3 is 2.84 bits per heavy atom. The van der Waals surface area contributed by atoms with Gasteiger partial charge < -0.3 is 20.1 Å². The number of methoxy groups -OCH3 is 1. The van der Waals surface area contributed by atoms with Gasteiger partial charge in [0.25, 0.3) is 0 Å². The van der Waals surface area contributed by atoms with Gasteiger partial charge in [0.15, 0.2) is 0 Å². The lowest BCUT2D eigenvalue weighted by molar-refractivity contribution is -0.123. The molecule has 1 fully saturated rings. The lowest BCUT2D eigenvalue weighted by atomic mass is 9.84. The highest BCUT2D eigenvalue weighted by Crippen LogP contribution is 2.31. The number of nitrogens with one attached hydrogen (secondary N) is 2. The van der Waals surface area contributed by atoms with Gasteiger partial charge in [0, 0.05) is 30.6 Å². The Labute approximate surface area is 181 Å². The standard InChI is InChI=1S/C23H28FN3O4/c1-16(31-19-4-3-11-25-15-19)14-26-21(28)7-9-23(10-8-22(29)27-23)13-17-5-6-18(30-2)12-20(17)24/h3-6,11-12,15-16H,7-10,13-14H2,1-2H3,(H,26,28)(H,27,29). The molecule has 3 rings (SSSR count). The van der Waals surface area contributed by atoms with E-state index >= 15 is 0 Å². The molecule has 2 atom stereocenters. The Bertz CT molecular complexity index is 909. The second-order valence-electron chi connectivity index (χ2n) is 7.88. The van der Waals surface area contributed by atoms with Crippen molar-refractivity contribution in [2.75, 3.05) is 13.7 Å². The summed E-state index contributed by atoms with van der Waals surface area (Å²) in [4.78, 5) is 28.3. The van der Waals surface area contributed by atoms with Crippen LogP contribution >= 0.6 is 0 Å². The fourth-order valence-electron chi connectivity index (χ4n) is 3.73. The molecule has 1 aromatic heterocycles. The Balaban J connectivity index is 1.53. The van der Waals surface area contributed by atoms with Crippen LogP contribution in [0.1, 0.15) is 38.2 Å². The van der Waals surface area contributed by atoms with Crippen LogP contribution in [-0.2, 0) is 16.0 Å². The number of hydrogen-bond donors (Lipinski definition) is 2. The molecule has 2 aromatic rings. The van der Waals surface area contributed by atoms with Gasteiger partial charge in [-0.25, -0.2) is 4.39 Å². The summed E-state index contributed by atoms with van der Waals surface area (Å²) in [7, 11) is 1.48. The monoisotopic (exact) mass is 429 g/mol. The van der Waals surface area contributed by atoms with E-state index in [4.69, 9.17) is 9.47 Å². The van der Waals surface area contributed by atoms with Crippen LogP contribution < -0.4 is 20.1 Å². The molecule has 2 N–H and O–H groups in total. The zero-order valence-electron chi connectivity index (χ0n) is 17.8. The Morgan fingerprint density at radius 1 is 1.35 bits per heavy atom. The zero-order chi connectivity index (χ0) is 22.3. The molecule has 1 aromatic carbocycles. The van der Waals surface area contributed by atoms with E-state index in [1.54, 1.807) is 36.7 Å². The fourth-order valence-corrected chi connectivity index (χ4v) is 3.73. The largest absolute Gasteiger partial charge is 0.497 e. The molecule has 8 heteroatoms. The summed E-state index contributed by atoms with van der Waals surface area (Å²) >= 11 is 0. The highest BCUT2D eigenvalue weighted by Gasteiger charge is 2.38. The maximum absolute atomic E-state index is 14.5. The predicted octanol–water partition coefficient (Wildman–Crippen LogP) is 2.78. The SMILES string of the molecule is COc1ccc(CC2(CCC(=O)NCC(C)Oc3cccnc3)CCC(=O)N2)c(F)c1. The van der Waals surface area contributed by atoms with Crippen molar-refractivity contribution < 1.29 is 23.5 Å². The van der Waals surface area contributed by atoms with Crippen molar-refractivity contribution in [1.29, 1.82) is 0 Å². The summed E-state index contributed by atoms with van der Waals surface area (Å²) in [6, 6.07) is 8.27. The summed E-state index contributed by atoms with van der Waals surface area (Å²) < 4.78 is 25.2. The normalized spacial score (nSPS) is 18.9. The van der Waals surface area contributed by atoms with Crippen molar-refractivity contribution in [3.8, 4) is 11.5 Å². The van der Waals surface area contributed by atoms with Crippen LogP contribution in [0.3, 0.4) is 0 Å². The van der Waals surface area contributed by atoms with Crippen LogP contribution in [0.2, 0.25) is 0 Å². The van der Waals surface area contributed by atoms with E-state index in [0.29, 0.717) is 49.3 Å². The molecule has 0 spiro atoms. The minimum absolute atomic E-state index is 0.0761. The molecule has 0 saturated carbocycles. The smallest absolute Gasteiger partial charge is 0.220 e. The van der Waals surface area contributed by atoms with Crippen molar-refractivity contribution in [2.24, 2.45) is 0 Å². The third-order valence-corrected chi connectivity index (χ3v) is 5.41. The maximum Gasteiger partial charge on any atom is 0.220 e. The molecule has 1 aliphatic heterocycles. The molecule has 166 valence electrons. The van der Waals surface area contributed by atoms with E-state index in [1.807, 2.05) is 6.92 Å². The summed E-state index contributed by atoms with van der Waals surface area (Å²) in [5.41, 5.74) is -0.149. The first-order valence-electron chi connectivity index (χ1n) is 10.4. The number of halogens is 1. The molecular formula is C23H28FN3O4. The molecule has 0 radical (unpaired) electrons.